The molecule has 102 valence electrons. The van der Waals surface area contributed by atoms with Gasteiger partial charge in [0.05, 0.1) is 17.4 Å². The predicted octanol–water partition coefficient (Wildman–Crippen LogP) is 3.63. The van der Waals surface area contributed by atoms with Crippen LogP contribution in [-0.4, -0.2) is 16.3 Å². The summed E-state index contributed by atoms with van der Waals surface area (Å²) >= 11 is 1.72. The van der Waals surface area contributed by atoms with Crippen LogP contribution in [-0.2, 0) is 0 Å². The molecule has 0 aliphatic rings. The molecule has 2 heterocycles. The smallest absolute Gasteiger partial charge is 0.0760 e. The largest absolute Gasteiger partial charge is 0.305 e. The van der Waals surface area contributed by atoms with Crippen LogP contribution in [0.1, 0.15) is 24.2 Å². The van der Waals surface area contributed by atoms with Crippen LogP contribution >= 0.6 is 11.3 Å². The number of hydrogen-bond donors (Lipinski definition) is 1. The first-order valence-corrected chi connectivity index (χ1v) is 7.69. The van der Waals surface area contributed by atoms with Gasteiger partial charge < -0.3 is 5.32 Å². The third-order valence-corrected chi connectivity index (χ3v) is 3.95. The first-order valence-electron chi connectivity index (χ1n) is 6.75. The van der Waals surface area contributed by atoms with Crippen LogP contribution in [0.2, 0.25) is 0 Å². The summed E-state index contributed by atoms with van der Waals surface area (Å²) in [6.45, 7) is 3.04. The van der Waals surface area contributed by atoms with Crippen molar-refractivity contribution in [3.05, 3.63) is 70.7 Å². The Hall–Kier alpha value is -1.91. The number of benzene rings is 1. The van der Waals surface area contributed by atoms with Crippen LogP contribution in [0.5, 0.6) is 0 Å². The minimum absolute atomic E-state index is 0.175. The Morgan fingerprint density at radius 3 is 2.75 bits per heavy atom. The molecule has 0 saturated carbocycles. The highest BCUT2D eigenvalue weighted by atomic mass is 32.1. The molecule has 0 aliphatic carbocycles. The lowest BCUT2D eigenvalue weighted by molar-refractivity contribution is 0.595. The van der Waals surface area contributed by atoms with E-state index in [1.807, 2.05) is 29.1 Å². The van der Waals surface area contributed by atoms with Gasteiger partial charge in [-0.2, -0.15) is 16.4 Å². The molecule has 0 amide bonds. The number of thiophene rings is 1. The summed E-state index contributed by atoms with van der Waals surface area (Å²) in [6.07, 6.45) is 1.86. The van der Waals surface area contributed by atoms with Gasteiger partial charge in [-0.15, -0.1) is 0 Å². The van der Waals surface area contributed by atoms with Crippen molar-refractivity contribution in [3.8, 4) is 5.69 Å². The molecule has 0 spiro atoms. The van der Waals surface area contributed by atoms with Crippen LogP contribution in [0, 0.1) is 0 Å². The molecule has 4 heteroatoms. The van der Waals surface area contributed by atoms with Crippen LogP contribution in [0.15, 0.2) is 59.4 Å². The first kappa shape index (κ1) is 13.1. The summed E-state index contributed by atoms with van der Waals surface area (Å²) in [4.78, 5) is 0. The second-order valence-electron chi connectivity index (χ2n) is 4.55. The Morgan fingerprint density at radius 1 is 1.20 bits per heavy atom. The van der Waals surface area contributed by atoms with Gasteiger partial charge in [-0.3, -0.25) is 0 Å². The van der Waals surface area contributed by atoms with Gasteiger partial charge in [0, 0.05) is 6.20 Å². The van der Waals surface area contributed by atoms with Crippen molar-refractivity contribution < 1.29 is 0 Å². The fourth-order valence-electron chi connectivity index (χ4n) is 2.35. The molecule has 2 aromatic heterocycles. The van der Waals surface area contributed by atoms with Gasteiger partial charge in [-0.05, 0) is 47.1 Å². The van der Waals surface area contributed by atoms with E-state index in [0.717, 1.165) is 17.9 Å². The number of nitrogens with one attached hydrogen (secondary N) is 1. The van der Waals surface area contributed by atoms with E-state index < -0.39 is 0 Å². The van der Waals surface area contributed by atoms with Gasteiger partial charge in [0.25, 0.3) is 0 Å². The molecule has 1 N–H and O–H groups in total. The minimum atomic E-state index is 0.175. The third kappa shape index (κ3) is 2.53. The highest BCUT2D eigenvalue weighted by Crippen LogP contribution is 2.25. The van der Waals surface area contributed by atoms with E-state index in [1.54, 1.807) is 11.3 Å². The predicted molar refractivity (Wildman–Crippen MR) is 83.4 cm³/mol. The van der Waals surface area contributed by atoms with E-state index in [1.165, 1.54) is 5.56 Å². The average molecular weight is 283 g/mol. The topological polar surface area (TPSA) is 29.9 Å². The van der Waals surface area contributed by atoms with Crippen molar-refractivity contribution in [2.75, 3.05) is 6.54 Å². The zero-order valence-corrected chi connectivity index (χ0v) is 12.2. The monoisotopic (exact) mass is 283 g/mol. The maximum atomic E-state index is 4.48. The number of hydrogen-bond acceptors (Lipinski definition) is 3. The van der Waals surface area contributed by atoms with Crippen molar-refractivity contribution in [1.29, 1.82) is 0 Å². The number of para-hydroxylation sites is 1. The van der Waals surface area contributed by atoms with Crippen molar-refractivity contribution in [2.24, 2.45) is 0 Å². The van der Waals surface area contributed by atoms with Crippen molar-refractivity contribution in [1.82, 2.24) is 15.1 Å². The number of rotatable bonds is 5. The summed E-state index contributed by atoms with van der Waals surface area (Å²) in [5.41, 5.74) is 3.54. The summed E-state index contributed by atoms with van der Waals surface area (Å²) < 4.78 is 2.00. The van der Waals surface area contributed by atoms with Crippen molar-refractivity contribution in [2.45, 2.75) is 13.0 Å². The molecule has 3 nitrogen and oxygen atoms in total. The molecule has 3 aromatic rings. The SMILES string of the molecule is CCNC(c1ccsc1)c1ccnn1-c1ccccc1. The molecule has 1 aromatic carbocycles. The minimum Gasteiger partial charge on any atom is -0.305 e. The zero-order valence-electron chi connectivity index (χ0n) is 11.4. The number of aromatic nitrogens is 2. The molecule has 1 atom stereocenters. The molecule has 0 fully saturated rings. The van der Waals surface area contributed by atoms with E-state index in [4.69, 9.17) is 0 Å². The average Bonchev–Trinajstić information content (AvgIpc) is 3.17. The van der Waals surface area contributed by atoms with Crippen LogP contribution in [0.3, 0.4) is 0 Å². The summed E-state index contributed by atoms with van der Waals surface area (Å²) in [5.74, 6) is 0. The molecule has 0 saturated heterocycles. The quantitative estimate of drug-likeness (QED) is 0.775. The van der Waals surface area contributed by atoms with Gasteiger partial charge in [0.2, 0.25) is 0 Å². The Bertz CT molecular complexity index is 643. The first-order chi connectivity index (χ1) is 9.90. The highest BCUT2D eigenvalue weighted by molar-refractivity contribution is 7.08. The lowest BCUT2D eigenvalue weighted by Gasteiger charge is -2.18. The van der Waals surface area contributed by atoms with Gasteiger partial charge in [0.15, 0.2) is 0 Å². The fourth-order valence-corrected chi connectivity index (χ4v) is 3.04. The van der Waals surface area contributed by atoms with E-state index in [2.05, 4.69) is 52.4 Å². The van der Waals surface area contributed by atoms with Gasteiger partial charge in [0.1, 0.15) is 0 Å². The maximum Gasteiger partial charge on any atom is 0.0760 e. The lowest BCUT2D eigenvalue weighted by Crippen LogP contribution is -2.24. The fraction of sp³-hybridized carbons (Fsp3) is 0.188. The Kier molecular flexibility index (Phi) is 3.95. The second kappa shape index (κ2) is 6.03. The summed E-state index contributed by atoms with van der Waals surface area (Å²) in [5, 5.41) is 12.3. The molecular weight excluding hydrogens is 266 g/mol. The van der Waals surface area contributed by atoms with Crippen molar-refractivity contribution in [3.63, 3.8) is 0 Å². The van der Waals surface area contributed by atoms with E-state index in [9.17, 15) is 0 Å². The third-order valence-electron chi connectivity index (χ3n) is 3.25. The Balaban J connectivity index is 2.03. The normalized spacial score (nSPS) is 12.4. The van der Waals surface area contributed by atoms with Gasteiger partial charge >= 0.3 is 0 Å². The highest BCUT2D eigenvalue weighted by Gasteiger charge is 2.18. The van der Waals surface area contributed by atoms with Crippen LogP contribution < -0.4 is 5.32 Å². The van der Waals surface area contributed by atoms with Crippen LogP contribution in [0.4, 0.5) is 0 Å². The van der Waals surface area contributed by atoms with Gasteiger partial charge in [-0.1, -0.05) is 25.1 Å². The number of nitrogens with zero attached hydrogens (tertiary/aromatic N) is 2. The standard InChI is InChI=1S/C16H17N3S/c1-2-17-16(13-9-11-20-12-13)15-8-10-18-19(15)14-6-4-3-5-7-14/h3-12,16-17H,2H2,1H3. The van der Waals surface area contributed by atoms with Gasteiger partial charge in [-0.25, -0.2) is 4.68 Å². The molecule has 1 unspecified atom stereocenters. The molecule has 0 radical (unpaired) electrons. The van der Waals surface area contributed by atoms with Crippen LogP contribution in [0.25, 0.3) is 5.69 Å². The molecule has 0 aliphatic heterocycles. The Morgan fingerprint density at radius 2 is 2.05 bits per heavy atom. The molecule has 3 rings (SSSR count). The second-order valence-corrected chi connectivity index (χ2v) is 5.33. The van der Waals surface area contributed by atoms with E-state index >= 15 is 0 Å². The molecule has 0 bridgehead atoms. The Labute approximate surface area is 122 Å². The zero-order chi connectivity index (χ0) is 13.8. The van der Waals surface area contributed by atoms with E-state index in [0.29, 0.717) is 0 Å². The summed E-state index contributed by atoms with van der Waals surface area (Å²) in [7, 11) is 0. The molecule has 20 heavy (non-hydrogen) atoms. The van der Waals surface area contributed by atoms with Crippen molar-refractivity contribution >= 4 is 11.3 Å². The van der Waals surface area contributed by atoms with E-state index in [-0.39, 0.29) is 6.04 Å². The molecular formula is C16H17N3S. The maximum absolute atomic E-state index is 4.48. The summed E-state index contributed by atoms with van der Waals surface area (Å²) in [6, 6.07) is 14.7. The lowest BCUT2D eigenvalue weighted by atomic mass is 10.1.